The minimum Gasteiger partial charge on any atom is -0.465 e. The average Bonchev–Trinajstić information content (AvgIpc) is 2.82. The molecule has 0 unspecified atom stereocenters. The second-order valence-corrected chi connectivity index (χ2v) is 4.89. The molecule has 0 aliphatic carbocycles. The molecule has 1 aromatic rings. The first-order chi connectivity index (χ1) is 8.54. The standard InChI is InChI=1S/C12H17NO4S/c1-4-16-10(14)12(3,11(15)17-5-2)6-9-7-13-8-18-9/h7-8H,4-6H2,1-3H3. The summed E-state index contributed by atoms with van der Waals surface area (Å²) in [5, 5.41) is 0. The molecule has 1 aromatic heterocycles. The third-order valence-electron chi connectivity index (χ3n) is 2.46. The van der Waals surface area contributed by atoms with Gasteiger partial charge in [0.15, 0.2) is 5.41 Å². The van der Waals surface area contributed by atoms with Crippen molar-refractivity contribution >= 4 is 23.3 Å². The number of rotatable bonds is 6. The van der Waals surface area contributed by atoms with Gasteiger partial charge in [-0.2, -0.15) is 0 Å². The summed E-state index contributed by atoms with van der Waals surface area (Å²) in [5.41, 5.74) is 0.352. The third kappa shape index (κ3) is 3.29. The van der Waals surface area contributed by atoms with E-state index < -0.39 is 17.4 Å². The first-order valence-corrected chi connectivity index (χ1v) is 6.64. The molecule has 18 heavy (non-hydrogen) atoms. The lowest BCUT2D eigenvalue weighted by molar-refractivity contribution is -0.170. The van der Waals surface area contributed by atoms with E-state index in [1.807, 2.05) is 0 Å². The van der Waals surface area contributed by atoms with E-state index in [0.717, 1.165) is 4.88 Å². The van der Waals surface area contributed by atoms with Gasteiger partial charge in [-0.25, -0.2) is 0 Å². The van der Waals surface area contributed by atoms with Gasteiger partial charge in [-0.3, -0.25) is 14.6 Å². The zero-order valence-corrected chi connectivity index (χ0v) is 11.6. The maximum absolute atomic E-state index is 12.0. The smallest absolute Gasteiger partial charge is 0.323 e. The van der Waals surface area contributed by atoms with E-state index in [2.05, 4.69) is 4.98 Å². The Morgan fingerprint density at radius 1 is 1.28 bits per heavy atom. The third-order valence-corrected chi connectivity index (χ3v) is 3.24. The molecule has 0 aliphatic heterocycles. The van der Waals surface area contributed by atoms with Gasteiger partial charge in [0, 0.05) is 17.5 Å². The van der Waals surface area contributed by atoms with Crippen LogP contribution in [-0.2, 0) is 25.5 Å². The summed E-state index contributed by atoms with van der Waals surface area (Å²) in [6.45, 7) is 5.42. The lowest BCUT2D eigenvalue weighted by Gasteiger charge is -2.24. The highest BCUT2D eigenvalue weighted by molar-refractivity contribution is 7.09. The number of ether oxygens (including phenoxy) is 2. The molecule has 0 fully saturated rings. The van der Waals surface area contributed by atoms with Gasteiger partial charge in [0.25, 0.3) is 0 Å². The van der Waals surface area contributed by atoms with E-state index in [-0.39, 0.29) is 19.6 Å². The molecule has 0 amide bonds. The average molecular weight is 271 g/mol. The summed E-state index contributed by atoms with van der Waals surface area (Å²) in [6.07, 6.45) is 1.89. The van der Waals surface area contributed by atoms with Crippen LogP contribution < -0.4 is 0 Å². The Balaban J connectivity index is 2.92. The van der Waals surface area contributed by atoms with E-state index in [1.165, 1.54) is 11.3 Å². The number of carbonyl (C=O) groups is 2. The maximum atomic E-state index is 12.0. The molecule has 1 heterocycles. The van der Waals surface area contributed by atoms with Crippen LogP contribution in [-0.4, -0.2) is 30.1 Å². The fraction of sp³-hybridized carbons (Fsp3) is 0.583. The van der Waals surface area contributed by atoms with Crippen LogP contribution in [0.3, 0.4) is 0 Å². The molecule has 0 N–H and O–H groups in total. The number of hydrogen-bond acceptors (Lipinski definition) is 6. The van der Waals surface area contributed by atoms with Crippen molar-refractivity contribution in [1.82, 2.24) is 4.98 Å². The van der Waals surface area contributed by atoms with Crippen molar-refractivity contribution in [2.24, 2.45) is 5.41 Å². The molecular weight excluding hydrogens is 254 g/mol. The molecular formula is C12H17NO4S. The fourth-order valence-electron chi connectivity index (χ4n) is 1.49. The summed E-state index contributed by atoms with van der Waals surface area (Å²) >= 11 is 1.39. The van der Waals surface area contributed by atoms with Crippen LogP contribution in [0.2, 0.25) is 0 Å². The minimum absolute atomic E-state index is 0.233. The summed E-state index contributed by atoms with van der Waals surface area (Å²) in [7, 11) is 0. The number of thiazole rings is 1. The molecule has 0 radical (unpaired) electrons. The summed E-state index contributed by atoms with van der Waals surface area (Å²) in [6, 6.07) is 0. The highest BCUT2D eigenvalue weighted by atomic mass is 32.1. The van der Waals surface area contributed by atoms with Gasteiger partial charge in [0.1, 0.15) is 0 Å². The Morgan fingerprint density at radius 2 is 1.83 bits per heavy atom. The molecule has 0 aromatic carbocycles. The van der Waals surface area contributed by atoms with Crippen molar-refractivity contribution in [3.05, 3.63) is 16.6 Å². The lowest BCUT2D eigenvalue weighted by atomic mass is 9.86. The molecule has 0 bridgehead atoms. The number of nitrogens with zero attached hydrogens (tertiary/aromatic N) is 1. The van der Waals surface area contributed by atoms with E-state index in [0.29, 0.717) is 0 Å². The van der Waals surface area contributed by atoms with Crippen LogP contribution >= 0.6 is 11.3 Å². The van der Waals surface area contributed by atoms with Crippen molar-refractivity contribution in [3.8, 4) is 0 Å². The van der Waals surface area contributed by atoms with Crippen LogP contribution in [0.1, 0.15) is 25.6 Å². The monoisotopic (exact) mass is 271 g/mol. The Bertz CT molecular complexity index is 384. The van der Waals surface area contributed by atoms with Gasteiger partial charge in [-0.15, -0.1) is 11.3 Å². The highest BCUT2D eigenvalue weighted by Crippen LogP contribution is 2.28. The van der Waals surface area contributed by atoms with Gasteiger partial charge in [-0.1, -0.05) is 0 Å². The predicted molar refractivity (Wildman–Crippen MR) is 67.2 cm³/mol. The molecule has 0 saturated carbocycles. The first-order valence-electron chi connectivity index (χ1n) is 5.76. The molecule has 1 rings (SSSR count). The minimum atomic E-state index is -1.31. The number of hydrogen-bond donors (Lipinski definition) is 0. The molecule has 0 atom stereocenters. The Labute approximate surface area is 110 Å². The topological polar surface area (TPSA) is 65.5 Å². The van der Waals surface area contributed by atoms with Crippen LogP contribution in [0, 0.1) is 5.41 Å². The van der Waals surface area contributed by atoms with Crippen molar-refractivity contribution < 1.29 is 19.1 Å². The van der Waals surface area contributed by atoms with Crippen molar-refractivity contribution in [1.29, 1.82) is 0 Å². The largest absolute Gasteiger partial charge is 0.465 e. The number of aromatic nitrogens is 1. The van der Waals surface area contributed by atoms with Gasteiger partial charge in [0.05, 0.1) is 18.7 Å². The normalized spacial score (nSPS) is 11.1. The van der Waals surface area contributed by atoms with Gasteiger partial charge >= 0.3 is 11.9 Å². The SMILES string of the molecule is CCOC(=O)C(C)(Cc1cncs1)C(=O)OCC. The second-order valence-electron chi connectivity index (χ2n) is 3.92. The molecule has 6 heteroatoms. The zero-order valence-electron chi connectivity index (χ0n) is 10.8. The number of esters is 2. The zero-order chi connectivity index (χ0) is 13.6. The first kappa shape index (κ1) is 14.6. The summed E-state index contributed by atoms with van der Waals surface area (Å²) in [4.78, 5) is 28.7. The summed E-state index contributed by atoms with van der Waals surface area (Å²) in [5.74, 6) is -1.12. The fourth-order valence-corrected chi connectivity index (χ4v) is 2.24. The van der Waals surface area contributed by atoms with E-state index in [4.69, 9.17) is 9.47 Å². The summed E-state index contributed by atoms with van der Waals surface area (Å²) < 4.78 is 9.94. The lowest BCUT2D eigenvalue weighted by Crippen LogP contribution is -2.41. The van der Waals surface area contributed by atoms with Crippen molar-refractivity contribution in [3.63, 3.8) is 0 Å². The Kier molecular flexibility index (Phi) is 5.27. The van der Waals surface area contributed by atoms with Crippen molar-refractivity contribution in [2.75, 3.05) is 13.2 Å². The quantitative estimate of drug-likeness (QED) is 0.583. The number of carbonyl (C=O) groups excluding carboxylic acids is 2. The Hall–Kier alpha value is -1.43. The van der Waals surface area contributed by atoms with Gasteiger partial charge in [0.2, 0.25) is 0 Å². The maximum Gasteiger partial charge on any atom is 0.323 e. The van der Waals surface area contributed by atoms with Crippen LogP contribution in [0.15, 0.2) is 11.7 Å². The van der Waals surface area contributed by atoms with Gasteiger partial charge < -0.3 is 9.47 Å². The molecule has 0 spiro atoms. The molecule has 5 nitrogen and oxygen atoms in total. The Morgan fingerprint density at radius 3 is 2.22 bits per heavy atom. The molecule has 0 aliphatic rings. The highest BCUT2D eigenvalue weighted by Gasteiger charge is 2.44. The van der Waals surface area contributed by atoms with Crippen LogP contribution in [0.4, 0.5) is 0 Å². The van der Waals surface area contributed by atoms with E-state index >= 15 is 0 Å². The van der Waals surface area contributed by atoms with Crippen molar-refractivity contribution in [2.45, 2.75) is 27.2 Å². The molecule has 0 saturated heterocycles. The molecule has 100 valence electrons. The van der Waals surface area contributed by atoms with E-state index in [1.54, 1.807) is 32.5 Å². The van der Waals surface area contributed by atoms with Gasteiger partial charge in [-0.05, 0) is 20.8 Å². The predicted octanol–water partition coefficient (Wildman–Crippen LogP) is 1.82. The van der Waals surface area contributed by atoms with E-state index in [9.17, 15) is 9.59 Å². The second kappa shape index (κ2) is 6.49. The van der Waals surface area contributed by atoms with Crippen LogP contribution in [0.5, 0.6) is 0 Å². The van der Waals surface area contributed by atoms with Crippen LogP contribution in [0.25, 0.3) is 0 Å².